The fraction of sp³-hybridized carbons (Fsp3) is 0.545. The molecular weight excluding hydrogens is 196 g/mol. The van der Waals surface area contributed by atoms with E-state index in [1.54, 1.807) is 0 Å². The molecular formula is C11H14O4. The molecule has 2 heterocycles. The summed E-state index contributed by atoms with van der Waals surface area (Å²) in [5.74, 6) is 0.539. The van der Waals surface area contributed by atoms with Crippen molar-refractivity contribution in [2.45, 2.75) is 32.2 Å². The van der Waals surface area contributed by atoms with Crippen LogP contribution in [0.3, 0.4) is 0 Å². The van der Waals surface area contributed by atoms with Gasteiger partial charge < -0.3 is 13.9 Å². The van der Waals surface area contributed by atoms with Gasteiger partial charge in [-0.25, -0.2) is 0 Å². The topological polar surface area (TPSA) is 48.7 Å². The maximum absolute atomic E-state index is 11.0. The molecule has 2 rings (SSSR count). The lowest BCUT2D eigenvalue weighted by Gasteiger charge is -2.22. The molecule has 4 nitrogen and oxygen atoms in total. The van der Waals surface area contributed by atoms with E-state index < -0.39 is 0 Å². The lowest BCUT2D eigenvalue weighted by molar-refractivity contribution is -0.171. The first kappa shape index (κ1) is 10.4. The molecule has 0 aromatic carbocycles. The Morgan fingerprint density at radius 1 is 1.47 bits per heavy atom. The van der Waals surface area contributed by atoms with E-state index in [9.17, 15) is 4.79 Å². The van der Waals surface area contributed by atoms with Crippen LogP contribution in [0.2, 0.25) is 0 Å². The molecule has 82 valence electrons. The fourth-order valence-electron chi connectivity index (χ4n) is 1.52. The Balaban J connectivity index is 1.84. The molecule has 0 aliphatic carbocycles. The molecule has 0 amide bonds. The summed E-state index contributed by atoms with van der Waals surface area (Å²) >= 11 is 0. The van der Waals surface area contributed by atoms with Crippen LogP contribution in [0.15, 0.2) is 27.6 Å². The van der Waals surface area contributed by atoms with Crippen LogP contribution in [0.5, 0.6) is 0 Å². The second-order valence-electron chi connectivity index (χ2n) is 3.54. The Labute approximate surface area is 87.8 Å². The first-order valence-electron chi connectivity index (χ1n) is 5.15. The van der Waals surface area contributed by atoms with Gasteiger partial charge in [0, 0.05) is 18.7 Å². The molecule has 15 heavy (non-hydrogen) atoms. The Kier molecular flexibility index (Phi) is 3.53. The molecule has 1 atom stereocenters. The van der Waals surface area contributed by atoms with Crippen molar-refractivity contribution in [1.29, 1.82) is 0 Å². The van der Waals surface area contributed by atoms with E-state index in [4.69, 9.17) is 13.9 Å². The molecule has 1 aliphatic rings. The summed E-state index contributed by atoms with van der Waals surface area (Å²) in [5, 5.41) is 0. The van der Waals surface area contributed by atoms with Gasteiger partial charge in [0.05, 0.1) is 6.26 Å². The molecule has 1 aliphatic heterocycles. The van der Waals surface area contributed by atoms with E-state index in [0.29, 0.717) is 12.4 Å². The van der Waals surface area contributed by atoms with Crippen LogP contribution in [0.4, 0.5) is 0 Å². The van der Waals surface area contributed by atoms with Gasteiger partial charge in [0.1, 0.15) is 12.4 Å². The third kappa shape index (κ3) is 3.18. The van der Waals surface area contributed by atoms with Crippen LogP contribution in [-0.4, -0.2) is 12.9 Å². The van der Waals surface area contributed by atoms with E-state index in [1.807, 2.05) is 0 Å². The van der Waals surface area contributed by atoms with Crippen LogP contribution in [-0.2, 0) is 16.1 Å². The zero-order valence-corrected chi connectivity index (χ0v) is 8.48. The number of hydrogen-bond acceptors (Lipinski definition) is 4. The van der Waals surface area contributed by atoms with Gasteiger partial charge >= 0.3 is 0 Å². The lowest BCUT2D eigenvalue weighted by Crippen LogP contribution is -2.22. The quantitative estimate of drug-likeness (QED) is 0.761. The number of ether oxygens (including phenoxy) is 2. The van der Waals surface area contributed by atoms with Gasteiger partial charge in [0.25, 0.3) is 0 Å². The van der Waals surface area contributed by atoms with Crippen molar-refractivity contribution in [1.82, 2.24) is 0 Å². The average Bonchev–Trinajstić information content (AvgIpc) is 2.28. The van der Waals surface area contributed by atoms with Gasteiger partial charge in [-0.2, -0.15) is 0 Å². The van der Waals surface area contributed by atoms with Gasteiger partial charge in [-0.15, -0.1) is 0 Å². The van der Waals surface area contributed by atoms with Crippen molar-refractivity contribution in [3.63, 3.8) is 0 Å². The van der Waals surface area contributed by atoms with E-state index in [-0.39, 0.29) is 11.7 Å². The minimum Gasteiger partial charge on any atom is -0.467 e. The predicted octanol–water partition coefficient (Wildman–Crippen LogP) is 1.68. The highest BCUT2D eigenvalue weighted by atomic mass is 16.7. The molecule has 4 heteroatoms. The molecule has 1 aromatic heterocycles. The highest BCUT2D eigenvalue weighted by Gasteiger charge is 2.14. The maximum atomic E-state index is 11.0. The Morgan fingerprint density at radius 3 is 3.13 bits per heavy atom. The minimum absolute atomic E-state index is 0.0654. The van der Waals surface area contributed by atoms with Crippen molar-refractivity contribution in [2.24, 2.45) is 0 Å². The van der Waals surface area contributed by atoms with Gasteiger partial charge in [-0.05, 0) is 19.3 Å². The van der Waals surface area contributed by atoms with Crippen molar-refractivity contribution >= 4 is 0 Å². The van der Waals surface area contributed by atoms with E-state index >= 15 is 0 Å². The molecule has 1 unspecified atom stereocenters. The summed E-state index contributed by atoms with van der Waals surface area (Å²) in [4.78, 5) is 11.0. The summed E-state index contributed by atoms with van der Waals surface area (Å²) < 4.78 is 16.0. The summed E-state index contributed by atoms with van der Waals surface area (Å²) in [6.07, 6.45) is 4.37. The molecule has 0 bridgehead atoms. The van der Waals surface area contributed by atoms with Crippen LogP contribution < -0.4 is 5.43 Å². The van der Waals surface area contributed by atoms with E-state index in [0.717, 1.165) is 25.9 Å². The normalized spacial score (nSPS) is 21.5. The lowest BCUT2D eigenvalue weighted by atomic mass is 10.2. The third-order valence-corrected chi connectivity index (χ3v) is 2.30. The van der Waals surface area contributed by atoms with Crippen molar-refractivity contribution in [3.8, 4) is 0 Å². The SMILES string of the molecule is O=c1ccoc(COC2CCCCO2)c1. The van der Waals surface area contributed by atoms with Crippen LogP contribution in [0.25, 0.3) is 0 Å². The van der Waals surface area contributed by atoms with Crippen molar-refractivity contribution < 1.29 is 13.9 Å². The molecule has 0 radical (unpaired) electrons. The maximum Gasteiger partial charge on any atom is 0.185 e. The molecule has 1 aromatic rings. The molecule has 0 N–H and O–H groups in total. The minimum atomic E-state index is -0.149. The molecule has 1 saturated heterocycles. The summed E-state index contributed by atoms with van der Waals surface area (Å²) in [6.45, 7) is 1.05. The zero-order chi connectivity index (χ0) is 10.5. The van der Waals surface area contributed by atoms with Crippen LogP contribution in [0, 0.1) is 0 Å². The van der Waals surface area contributed by atoms with Gasteiger partial charge in [-0.3, -0.25) is 4.79 Å². The number of hydrogen-bond donors (Lipinski definition) is 0. The third-order valence-electron chi connectivity index (χ3n) is 2.30. The summed E-state index contributed by atoms with van der Waals surface area (Å²) in [5.41, 5.74) is -0.0654. The first-order chi connectivity index (χ1) is 7.34. The highest BCUT2D eigenvalue weighted by molar-refractivity contribution is 4.98. The Bertz CT molecular complexity index is 352. The molecule has 0 spiro atoms. The van der Waals surface area contributed by atoms with Crippen LogP contribution >= 0.6 is 0 Å². The molecule has 0 saturated carbocycles. The summed E-state index contributed by atoms with van der Waals surface area (Å²) in [6, 6.07) is 2.81. The predicted molar refractivity (Wildman–Crippen MR) is 53.4 cm³/mol. The van der Waals surface area contributed by atoms with Crippen molar-refractivity contribution in [3.05, 3.63) is 34.4 Å². The monoisotopic (exact) mass is 210 g/mol. The average molecular weight is 210 g/mol. The second-order valence-corrected chi connectivity index (χ2v) is 3.54. The number of rotatable bonds is 3. The standard InChI is InChI=1S/C11H14O4/c12-9-4-6-13-10(7-9)8-15-11-3-1-2-5-14-11/h4,6-7,11H,1-3,5,8H2. The van der Waals surface area contributed by atoms with Gasteiger partial charge in [0.15, 0.2) is 11.7 Å². The first-order valence-corrected chi connectivity index (χ1v) is 5.15. The largest absolute Gasteiger partial charge is 0.467 e. The highest BCUT2D eigenvalue weighted by Crippen LogP contribution is 2.14. The molecule has 1 fully saturated rings. The Hall–Kier alpha value is -1.13. The van der Waals surface area contributed by atoms with Crippen molar-refractivity contribution in [2.75, 3.05) is 6.61 Å². The van der Waals surface area contributed by atoms with Crippen LogP contribution in [0.1, 0.15) is 25.0 Å². The van der Waals surface area contributed by atoms with E-state index in [2.05, 4.69) is 0 Å². The Morgan fingerprint density at radius 2 is 2.40 bits per heavy atom. The van der Waals surface area contributed by atoms with Gasteiger partial charge in [-0.1, -0.05) is 0 Å². The van der Waals surface area contributed by atoms with E-state index in [1.165, 1.54) is 18.4 Å². The second kappa shape index (κ2) is 5.09. The smallest absolute Gasteiger partial charge is 0.185 e. The fourth-order valence-corrected chi connectivity index (χ4v) is 1.52. The van der Waals surface area contributed by atoms with Gasteiger partial charge in [0.2, 0.25) is 0 Å². The zero-order valence-electron chi connectivity index (χ0n) is 8.48. The summed E-state index contributed by atoms with van der Waals surface area (Å²) in [7, 11) is 0.